The van der Waals surface area contributed by atoms with Gasteiger partial charge in [-0.15, -0.1) is 0 Å². The summed E-state index contributed by atoms with van der Waals surface area (Å²) in [5.74, 6) is 0. The van der Waals surface area contributed by atoms with Crippen molar-refractivity contribution in [2.45, 2.75) is 0 Å². The molecule has 0 fully saturated rings. The van der Waals surface area contributed by atoms with Gasteiger partial charge >= 0.3 is 0 Å². The summed E-state index contributed by atoms with van der Waals surface area (Å²) < 4.78 is 0. The molecule has 3 nitrogen and oxygen atoms in total. The zero-order valence-electron chi connectivity index (χ0n) is 8.02. The Balaban J connectivity index is 2.28. The van der Waals surface area contributed by atoms with Crippen LogP contribution in [-0.4, -0.2) is 11.2 Å². The number of nitrogens with two attached hydrogens (primary N) is 1. The van der Waals surface area contributed by atoms with E-state index in [-0.39, 0.29) is 0 Å². The SMILES string of the molecule is Nc1nc(Cl)c(C=Nc2ccccc2Cl)s1. The Morgan fingerprint density at radius 2 is 2.06 bits per heavy atom. The molecule has 0 aliphatic carbocycles. The van der Waals surface area contributed by atoms with Crippen molar-refractivity contribution in [1.82, 2.24) is 4.98 Å². The molecule has 0 atom stereocenters. The van der Waals surface area contributed by atoms with E-state index in [1.165, 1.54) is 11.3 Å². The van der Waals surface area contributed by atoms with Crippen LogP contribution in [0.15, 0.2) is 29.3 Å². The van der Waals surface area contributed by atoms with Gasteiger partial charge in [0.05, 0.1) is 15.6 Å². The lowest BCUT2D eigenvalue weighted by atomic mass is 10.3. The van der Waals surface area contributed by atoms with Gasteiger partial charge in [0.1, 0.15) is 0 Å². The van der Waals surface area contributed by atoms with Crippen LogP contribution < -0.4 is 5.73 Å². The number of aromatic nitrogens is 1. The zero-order chi connectivity index (χ0) is 11.5. The summed E-state index contributed by atoms with van der Waals surface area (Å²) >= 11 is 13.1. The lowest BCUT2D eigenvalue weighted by Crippen LogP contribution is -1.78. The second-order valence-corrected chi connectivity index (χ2v) is 4.74. The van der Waals surface area contributed by atoms with Crippen LogP contribution >= 0.6 is 34.5 Å². The standard InChI is InChI=1S/C10H7Cl2N3S/c11-6-3-1-2-4-7(6)14-5-8-9(12)15-10(13)16-8/h1-5H,(H2,13,15). The predicted octanol–water partition coefficient (Wildman–Crippen LogP) is 3.78. The molecule has 2 N–H and O–H groups in total. The first kappa shape index (κ1) is 11.4. The number of aliphatic imine (C=N–C) groups is 1. The van der Waals surface area contributed by atoms with E-state index in [1.807, 2.05) is 18.2 Å². The molecule has 0 aliphatic rings. The van der Waals surface area contributed by atoms with Crippen LogP contribution in [0.2, 0.25) is 10.2 Å². The maximum absolute atomic E-state index is 5.95. The molecule has 0 saturated carbocycles. The van der Waals surface area contributed by atoms with Gasteiger partial charge in [0.25, 0.3) is 0 Å². The fraction of sp³-hybridized carbons (Fsp3) is 0. The van der Waals surface area contributed by atoms with Gasteiger partial charge in [-0.1, -0.05) is 46.7 Å². The lowest BCUT2D eigenvalue weighted by Gasteiger charge is -1.94. The van der Waals surface area contributed by atoms with E-state index in [2.05, 4.69) is 9.98 Å². The Kier molecular flexibility index (Phi) is 3.43. The number of halogens is 2. The van der Waals surface area contributed by atoms with Crippen LogP contribution in [0.1, 0.15) is 4.88 Å². The summed E-state index contributed by atoms with van der Waals surface area (Å²) in [6.45, 7) is 0. The quantitative estimate of drug-likeness (QED) is 0.846. The van der Waals surface area contributed by atoms with Crippen LogP contribution in [0.4, 0.5) is 10.8 Å². The van der Waals surface area contributed by atoms with E-state index in [4.69, 9.17) is 28.9 Å². The number of hydrogen-bond donors (Lipinski definition) is 1. The second kappa shape index (κ2) is 4.82. The number of nitrogens with zero attached hydrogens (tertiary/aromatic N) is 2. The highest BCUT2D eigenvalue weighted by atomic mass is 35.5. The van der Waals surface area contributed by atoms with E-state index in [0.29, 0.717) is 21.0 Å². The summed E-state index contributed by atoms with van der Waals surface area (Å²) in [5.41, 5.74) is 6.20. The molecule has 0 saturated heterocycles. The van der Waals surface area contributed by atoms with Gasteiger partial charge in [-0.05, 0) is 12.1 Å². The maximum atomic E-state index is 5.95. The van der Waals surface area contributed by atoms with Gasteiger partial charge in [-0.2, -0.15) is 0 Å². The molecule has 0 amide bonds. The molecule has 2 aromatic rings. The third kappa shape index (κ3) is 2.52. The van der Waals surface area contributed by atoms with Crippen LogP contribution in [0, 0.1) is 0 Å². The minimum Gasteiger partial charge on any atom is -0.375 e. The van der Waals surface area contributed by atoms with Crippen molar-refractivity contribution in [3.63, 3.8) is 0 Å². The molecular formula is C10H7Cl2N3S. The van der Waals surface area contributed by atoms with E-state index >= 15 is 0 Å². The first-order valence-corrected chi connectivity index (χ1v) is 5.94. The Bertz CT molecular complexity index is 537. The van der Waals surface area contributed by atoms with Crippen molar-refractivity contribution in [1.29, 1.82) is 0 Å². The van der Waals surface area contributed by atoms with E-state index in [9.17, 15) is 0 Å². The van der Waals surface area contributed by atoms with Gasteiger partial charge in [-0.3, -0.25) is 4.99 Å². The molecule has 6 heteroatoms. The zero-order valence-corrected chi connectivity index (χ0v) is 10.4. The van der Waals surface area contributed by atoms with Crippen molar-refractivity contribution in [3.05, 3.63) is 39.3 Å². The van der Waals surface area contributed by atoms with Crippen molar-refractivity contribution in [2.75, 3.05) is 5.73 Å². The van der Waals surface area contributed by atoms with Crippen LogP contribution in [0.25, 0.3) is 0 Å². The number of hydrogen-bond acceptors (Lipinski definition) is 4. The molecule has 1 aromatic carbocycles. The smallest absolute Gasteiger partial charge is 0.182 e. The van der Waals surface area contributed by atoms with Gasteiger partial charge in [-0.25, -0.2) is 4.98 Å². The fourth-order valence-corrected chi connectivity index (χ4v) is 2.18. The summed E-state index contributed by atoms with van der Waals surface area (Å²) in [4.78, 5) is 8.83. The van der Waals surface area contributed by atoms with E-state index in [1.54, 1.807) is 12.3 Å². The number of benzene rings is 1. The Hall–Kier alpha value is -1.10. The Morgan fingerprint density at radius 3 is 2.69 bits per heavy atom. The van der Waals surface area contributed by atoms with Crippen molar-refractivity contribution in [3.8, 4) is 0 Å². The molecule has 1 heterocycles. The second-order valence-electron chi connectivity index (χ2n) is 2.92. The largest absolute Gasteiger partial charge is 0.375 e. The van der Waals surface area contributed by atoms with Crippen LogP contribution in [0.3, 0.4) is 0 Å². The van der Waals surface area contributed by atoms with Gasteiger partial charge in [0.15, 0.2) is 10.3 Å². The lowest BCUT2D eigenvalue weighted by molar-refractivity contribution is 1.42. The summed E-state index contributed by atoms with van der Waals surface area (Å²) in [7, 11) is 0. The molecule has 16 heavy (non-hydrogen) atoms. The van der Waals surface area contributed by atoms with Crippen LogP contribution in [-0.2, 0) is 0 Å². The molecular weight excluding hydrogens is 265 g/mol. The monoisotopic (exact) mass is 271 g/mol. The molecule has 0 bridgehead atoms. The Morgan fingerprint density at radius 1 is 1.31 bits per heavy atom. The number of para-hydroxylation sites is 1. The molecule has 0 radical (unpaired) electrons. The number of anilines is 1. The average molecular weight is 272 g/mol. The topological polar surface area (TPSA) is 51.3 Å². The summed E-state index contributed by atoms with van der Waals surface area (Å²) in [6.07, 6.45) is 1.61. The highest BCUT2D eigenvalue weighted by molar-refractivity contribution is 7.17. The average Bonchev–Trinajstić information content (AvgIpc) is 2.56. The van der Waals surface area contributed by atoms with Crippen molar-refractivity contribution < 1.29 is 0 Å². The molecule has 0 aliphatic heterocycles. The first-order valence-electron chi connectivity index (χ1n) is 4.37. The highest BCUT2D eigenvalue weighted by Gasteiger charge is 2.04. The predicted molar refractivity (Wildman–Crippen MR) is 70.2 cm³/mol. The Labute approximate surface area is 107 Å². The van der Waals surface area contributed by atoms with Gasteiger partial charge in [0, 0.05) is 6.21 Å². The highest BCUT2D eigenvalue weighted by Crippen LogP contribution is 2.26. The van der Waals surface area contributed by atoms with E-state index < -0.39 is 0 Å². The van der Waals surface area contributed by atoms with Crippen molar-refractivity contribution >= 4 is 51.6 Å². The molecule has 0 spiro atoms. The summed E-state index contributed by atoms with van der Waals surface area (Å²) in [5, 5.41) is 1.37. The molecule has 0 unspecified atom stereocenters. The fourth-order valence-electron chi connectivity index (χ4n) is 1.09. The number of nitrogen functional groups attached to an aromatic ring is 1. The minimum atomic E-state index is 0.360. The minimum absolute atomic E-state index is 0.360. The normalized spacial score (nSPS) is 11.1. The molecule has 1 aromatic heterocycles. The molecule has 82 valence electrons. The van der Waals surface area contributed by atoms with Crippen LogP contribution in [0.5, 0.6) is 0 Å². The maximum Gasteiger partial charge on any atom is 0.182 e. The van der Waals surface area contributed by atoms with Crippen molar-refractivity contribution in [2.24, 2.45) is 4.99 Å². The summed E-state index contributed by atoms with van der Waals surface area (Å²) in [6, 6.07) is 7.30. The third-order valence-electron chi connectivity index (χ3n) is 1.80. The first-order chi connectivity index (χ1) is 7.66. The molecule has 2 rings (SSSR count). The number of rotatable bonds is 2. The van der Waals surface area contributed by atoms with Gasteiger partial charge < -0.3 is 5.73 Å². The number of thiazole rings is 1. The third-order valence-corrected chi connectivity index (χ3v) is 3.34. The van der Waals surface area contributed by atoms with E-state index in [0.717, 1.165) is 4.88 Å². The van der Waals surface area contributed by atoms with Gasteiger partial charge in [0.2, 0.25) is 0 Å².